The smallest absolute Gasteiger partial charge is 0.348 e. The molecule has 2 aromatic rings. The molecule has 0 radical (unpaired) electrons. The molecule has 8 rings (SSSR count). The highest BCUT2D eigenvalue weighted by atomic mass is 19.2. The molecule has 5 nitrogen and oxygen atoms in total. The molecule has 2 heterocycles. The first-order valence-corrected chi connectivity index (χ1v) is 14.2. The van der Waals surface area contributed by atoms with Gasteiger partial charge in [0.1, 0.15) is 5.57 Å². The first-order chi connectivity index (χ1) is 19.9. The van der Waals surface area contributed by atoms with E-state index in [9.17, 15) is 31.5 Å². The van der Waals surface area contributed by atoms with Gasteiger partial charge in [0.2, 0.25) is 5.82 Å². The van der Waals surface area contributed by atoms with Gasteiger partial charge in [0.15, 0.2) is 23.3 Å². The molecule has 0 aromatic heterocycles. The Morgan fingerprint density at radius 2 is 1.31 bits per heavy atom. The Balaban J connectivity index is 1.25. The van der Waals surface area contributed by atoms with Gasteiger partial charge in [-0.3, -0.25) is 0 Å². The monoisotopic (exact) mass is 585 g/mol. The molecule has 6 aliphatic rings. The van der Waals surface area contributed by atoms with Crippen molar-refractivity contribution in [2.75, 3.05) is 4.90 Å². The lowest BCUT2D eigenvalue weighted by molar-refractivity contribution is -0.313. The Morgan fingerprint density at radius 3 is 1.88 bits per heavy atom. The van der Waals surface area contributed by atoms with Crippen molar-refractivity contribution in [1.82, 2.24) is 0 Å². The number of benzene rings is 2. The molecule has 10 heteroatoms. The number of allylic oxidation sites excluding steroid dienone is 3. The Hall–Kier alpha value is -3.69. The minimum absolute atomic E-state index is 0.0263. The van der Waals surface area contributed by atoms with E-state index in [1.165, 1.54) is 23.5 Å². The number of carbonyl (C=O) groups excluding carboxylic acids is 2. The number of hydrogen-bond acceptors (Lipinski definition) is 5. The number of esters is 2. The maximum atomic E-state index is 14.7. The van der Waals surface area contributed by atoms with Gasteiger partial charge in [0, 0.05) is 34.2 Å². The van der Waals surface area contributed by atoms with Crippen LogP contribution in [0.1, 0.15) is 57.1 Å². The Bertz CT molecular complexity index is 1530. The first kappa shape index (κ1) is 27.2. The molecule has 4 aliphatic carbocycles. The summed E-state index contributed by atoms with van der Waals surface area (Å²) in [5, 5.41) is 0. The van der Waals surface area contributed by atoms with Crippen molar-refractivity contribution in [2.45, 2.75) is 63.7 Å². The van der Waals surface area contributed by atoms with Crippen LogP contribution in [0.3, 0.4) is 0 Å². The van der Waals surface area contributed by atoms with E-state index in [4.69, 9.17) is 9.47 Å². The van der Waals surface area contributed by atoms with E-state index in [1.54, 1.807) is 24.3 Å². The molecule has 0 amide bonds. The number of ether oxygens (including phenoxy) is 2. The van der Waals surface area contributed by atoms with Crippen LogP contribution in [0.15, 0.2) is 47.7 Å². The van der Waals surface area contributed by atoms with Gasteiger partial charge in [0.25, 0.3) is 5.79 Å². The number of hydrogen-bond donors (Lipinski definition) is 0. The van der Waals surface area contributed by atoms with E-state index in [-0.39, 0.29) is 17.4 Å². The number of nitrogens with zero attached hydrogens (tertiary/aromatic N) is 1. The van der Waals surface area contributed by atoms with Crippen LogP contribution in [0.5, 0.6) is 0 Å². The van der Waals surface area contributed by atoms with E-state index < -0.39 is 64.3 Å². The van der Waals surface area contributed by atoms with Crippen LogP contribution in [0.25, 0.3) is 0 Å². The summed E-state index contributed by atoms with van der Waals surface area (Å²) in [4.78, 5) is 28.0. The van der Waals surface area contributed by atoms with Crippen molar-refractivity contribution in [1.29, 1.82) is 0 Å². The lowest BCUT2D eigenvalue weighted by Crippen LogP contribution is -2.63. The zero-order valence-electron chi connectivity index (χ0n) is 23.0. The van der Waals surface area contributed by atoms with Crippen molar-refractivity contribution in [3.63, 3.8) is 0 Å². The maximum Gasteiger partial charge on any atom is 0.348 e. The lowest BCUT2D eigenvalue weighted by atomic mass is 9.53. The highest BCUT2D eigenvalue weighted by Crippen LogP contribution is 2.61. The third-order valence-corrected chi connectivity index (χ3v) is 10.0. The van der Waals surface area contributed by atoms with Crippen LogP contribution in [0.2, 0.25) is 0 Å². The van der Waals surface area contributed by atoms with Crippen molar-refractivity contribution < 1.29 is 41.0 Å². The molecule has 220 valence electrons. The Labute approximate surface area is 239 Å². The van der Waals surface area contributed by atoms with Crippen molar-refractivity contribution in [3.8, 4) is 0 Å². The van der Waals surface area contributed by atoms with Crippen LogP contribution in [-0.4, -0.2) is 17.7 Å². The van der Waals surface area contributed by atoms with Crippen molar-refractivity contribution >= 4 is 17.6 Å². The molecule has 4 bridgehead atoms. The number of halogens is 5. The molecule has 1 saturated heterocycles. The zero-order chi connectivity index (χ0) is 29.7. The number of fused-ring (bicyclic) bond motifs is 1. The summed E-state index contributed by atoms with van der Waals surface area (Å²) in [6.45, 7) is 2.94. The average Bonchev–Trinajstić information content (AvgIpc) is 3.16. The predicted octanol–water partition coefficient (Wildman–Crippen LogP) is 6.74. The lowest BCUT2D eigenvalue weighted by Gasteiger charge is -2.59. The minimum Gasteiger partial charge on any atom is -0.418 e. The molecular formula is C32H28F5NO4. The van der Waals surface area contributed by atoms with Gasteiger partial charge in [-0.15, -0.1) is 0 Å². The standard InChI is InChI=1S/C32H28F5NO4/c1-31(2)21-5-3-4-6-22(21)38(14-20-24(33)26(35)28(37)27(36)25(20)34)23(31)8-7-19-29(39)41-32(42-30(19)40)17-10-15-9-16(12-17)13-18(32)11-15/h3-8,15-18H,9-14H2,1-2H3/b19-7?,23-8+. The fraction of sp³-hybridized carbons (Fsp3) is 0.438. The molecule has 2 aliphatic heterocycles. The molecule has 0 atom stereocenters. The van der Waals surface area contributed by atoms with E-state index in [0.29, 0.717) is 23.2 Å². The predicted molar refractivity (Wildman–Crippen MR) is 140 cm³/mol. The molecule has 0 unspecified atom stereocenters. The van der Waals surface area contributed by atoms with E-state index >= 15 is 0 Å². The molecule has 5 fully saturated rings. The third-order valence-electron chi connectivity index (χ3n) is 10.0. The Morgan fingerprint density at radius 1 is 0.786 bits per heavy atom. The molecule has 4 saturated carbocycles. The van der Waals surface area contributed by atoms with Crippen molar-refractivity contribution in [2.24, 2.45) is 23.7 Å². The first-order valence-electron chi connectivity index (χ1n) is 14.2. The minimum atomic E-state index is -2.23. The Kier molecular flexibility index (Phi) is 5.92. The molecular weight excluding hydrogens is 557 g/mol. The second-order valence-electron chi connectivity index (χ2n) is 12.7. The van der Waals surface area contributed by atoms with Crippen LogP contribution < -0.4 is 4.90 Å². The van der Waals surface area contributed by atoms with Crippen LogP contribution in [0.4, 0.5) is 27.6 Å². The number of para-hydroxylation sites is 1. The van der Waals surface area contributed by atoms with Crippen LogP contribution >= 0.6 is 0 Å². The summed E-state index contributed by atoms with van der Waals surface area (Å²) >= 11 is 0. The molecule has 2 aromatic carbocycles. The van der Waals surface area contributed by atoms with Gasteiger partial charge >= 0.3 is 11.9 Å². The second-order valence-corrected chi connectivity index (χ2v) is 12.7. The maximum absolute atomic E-state index is 14.7. The average molecular weight is 586 g/mol. The third kappa shape index (κ3) is 3.72. The SMILES string of the molecule is CC1(C)/C(=C\C=C2C(=O)OC3(OC2=O)C2CC4CC(C2)CC3C4)N(Cc2c(F)c(F)c(F)c(F)c2F)c2ccccc21. The van der Waals surface area contributed by atoms with Crippen molar-refractivity contribution in [3.05, 3.63) is 87.9 Å². The zero-order valence-corrected chi connectivity index (χ0v) is 23.0. The van der Waals surface area contributed by atoms with Gasteiger partial charge in [-0.05, 0) is 67.7 Å². The number of carbonyl (C=O) groups is 2. The quantitative estimate of drug-likeness (QED) is 0.0998. The largest absolute Gasteiger partial charge is 0.418 e. The highest BCUT2D eigenvalue weighted by molar-refractivity contribution is 6.15. The van der Waals surface area contributed by atoms with Crippen LogP contribution in [0, 0.1) is 52.8 Å². The van der Waals surface area contributed by atoms with Gasteiger partial charge < -0.3 is 14.4 Å². The van der Waals surface area contributed by atoms with E-state index in [0.717, 1.165) is 31.2 Å². The fourth-order valence-corrected chi connectivity index (χ4v) is 8.24. The van der Waals surface area contributed by atoms with E-state index in [1.807, 2.05) is 13.8 Å². The van der Waals surface area contributed by atoms with E-state index in [2.05, 4.69) is 0 Å². The highest BCUT2D eigenvalue weighted by Gasteiger charge is 2.64. The summed E-state index contributed by atoms with van der Waals surface area (Å²) < 4.78 is 83.2. The summed E-state index contributed by atoms with van der Waals surface area (Å²) in [5.41, 5.74) is -0.585. The number of anilines is 1. The fourth-order valence-electron chi connectivity index (χ4n) is 8.24. The van der Waals surface area contributed by atoms with Gasteiger partial charge in [0.05, 0.1) is 6.54 Å². The molecule has 1 spiro atoms. The summed E-state index contributed by atoms with van der Waals surface area (Å²) in [7, 11) is 0. The second kappa shape index (κ2) is 9.15. The summed E-state index contributed by atoms with van der Waals surface area (Å²) in [6.07, 6.45) is 7.29. The molecule has 42 heavy (non-hydrogen) atoms. The summed E-state index contributed by atoms with van der Waals surface area (Å²) in [5.74, 6) is -11.9. The van der Waals surface area contributed by atoms with Gasteiger partial charge in [-0.1, -0.05) is 32.0 Å². The van der Waals surface area contributed by atoms with Crippen LogP contribution in [-0.2, 0) is 31.0 Å². The normalized spacial score (nSPS) is 31.5. The van der Waals surface area contributed by atoms with Gasteiger partial charge in [-0.25, -0.2) is 31.5 Å². The van der Waals surface area contributed by atoms with Gasteiger partial charge in [-0.2, -0.15) is 0 Å². The topological polar surface area (TPSA) is 55.8 Å². The number of rotatable bonds is 3. The summed E-state index contributed by atoms with van der Waals surface area (Å²) in [6, 6.07) is 6.89. The molecule has 0 N–H and O–H groups in total.